The first kappa shape index (κ1) is 29.1. The lowest BCUT2D eigenvalue weighted by atomic mass is 9.72. The van der Waals surface area contributed by atoms with Gasteiger partial charge in [-0.1, -0.05) is 97.0 Å². The summed E-state index contributed by atoms with van der Waals surface area (Å²) in [5.74, 6) is 0.297. The molecule has 5 rings (SSSR count). The Labute approximate surface area is 253 Å². The fraction of sp³-hybridized carbons (Fsp3) is 0.312. The van der Waals surface area contributed by atoms with Crippen LogP contribution in [0.2, 0.25) is 5.15 Å². The van der Waals surface area contributed by atoms with Crippen LogP contribution in [0.4, 0.5) is 5.69 Å². The van der Waals surface area contributed by atoms with E-state index in [0.717, 1.165) is 27.7 Å². The lowest BCUT2D eigenvalue weighted by Gasteiger charge is -2.40. The number of fused-ring (bicyclic) bond motifs is 1. The molecule has 1 heterocycles. The number of thioether (sulfide) groups is 1. The van der Waals surface area contributed by atoms with Gasteiger partial charge in [0, 0.05) is 35.1 Å². The molecule has 1 aliphatic rings. The van der Waals surface area contributed by atoms with E-state index in [1.165, 1.54) is 22.9 Å². The molecule has 0 fully saturated rings. The van der Waals surface area contributed by atoms with Crippen molar-refractivity contribution < 1.29 is 10.2 Å². The van der Waals surface area contributed by atoms with E-state index in [1.807, 2.05) is 18.4 Å². The van der Waals surface area contributed by atoms with Gasteiger partial charge in [-0.15, -0.1) is 0 Å². The maximum Gasteiger partial charge on any atom is 0.188 e. The smallest absolute Gasteiger partial charge is 0.188 e. The van der Waals surface area contributed by atoms with Crippen LogP contribution in [0.5, 0.6) is 0 Å². The average molecular weight is 639 g/mol. The van der Waals surface area contributed by atoms with Gasteiger partial charge in [0.2, 0.25) is 0 Å². The largest absolute Gasteiger partial charge is 0.391 e. The molecule has 0 bridgehead atoms. The Morgan fingerprint density at radius 1 is 1.00 bits per heavy atom. The second-order valence-corrected chi connectivity index (χ2v) is 12.3. The highest BCUT2D eigenvalue weighted by Crippen LogP contribution is 2.49. The maximum absolute atomic E-state index is 12.4. The molecule has 0 saturated heterocycles. The molecule has 5 nitrogen and oxygen atoms in total. The van der Waals surface area contributed by atoms with E-state index >= 15 is 0 Å². The molecule has 8 heteroatoms. The number of nitrogens with zero attached hydrogens (tertiary/aromatic N) is 3. The van der Waals surface area contributed by atoms with Gasteiger partial charge in [0.15, 0.2) is 5.16 Å². The number of aliphatic hydroxyl groups excluding tert-OH is 1. The molecule has 0 amide bonds. The number of halogens is 2. The fourth-order valence-electron chi connectivity index (χ4n) is 5.60. The molecule has 0 spiro atoms. The van der Waals surface area contributed by atoms with E-state index in [4.69, 9.17) is 11.6 Å². The maximum atomic E-state index is 12.4. The van der Waals surface area contributed by atoms with E-state index in [-0.39, 0.29) is 18.2 Å². The molecule has 1 aliphatic carbocycles. The van der Waals surface area contributed by atoms with Crippen molar-refractivity contribution in [3.63, 3.8) is 0 Å². The van der Waals surface area contributed by atoms with Gasteiger partial charge >= 0.3 is 0 Å². The topological polar surface area (TPSA) is 69.5 Å². The van der Waals surface area contributed by atoms with Crippen LogP contribution >= 0.6 is 39.3 Å². The molecular formula is C32H33BrClN3O2S. The predicted octanol–water partition coefficient (Wildman–Crippen LogP) is 7.64. The lowest BCUT2D eigenvalue weighted by Crippen LogP contribution is -2.36. The van der Waals surface area contributed by atoms with E-state index in [9.17, 15) is 10.2 Å². The van der Waals surface area contributed by atoms with Crippen molar-refractivity contribution in [1.29, 1.82) is 0 Å². The highest BCUT2D eigenvalue weighted by molar-refractivity contribution is 9.10. The molecule has 4 aromatic rings. The highest BCUT2D eigenvalue weighted by atomic mass is 79.9. The van der Waals surface area contributed by atoms with Crippen molar-refractivity contribution >= 4 is 45.0 Å². The Hall–Kier alpha value is -2.42. The van der Waals surface area contributed by atoms with Crippen molar-refractivity contribution in [3.8, 4) is 0 Å². The molecule has 2 N–H and O–H groups in total. The minimum Gasteiger partial charge on any atom is -0.391 e. The van der Waals surface area contributed by atoms with Crippen LogP contribution in [0, 0.1) is 0 Å². The van der Waals surface area contributed by atoms with Gasteiger partial charge < -0.3 is 15.1 Å². The summed E-state index contributed by atoms with van der Waals surface area (Å²) < 4.78 is 0.890. The molecule has 1 unspecified atom stereocenters. The molecule has 0 radical (unpaired) electrons. The third-order valence-corrected chi connectivity index (χ3v) is 9.40. The zero-order valence-corrected chi connectivity index (χ0v) is 25.8. The zero-order chi connectivity index (χ0) is 28.3. The Kier molecular flexibility index (Phi) is 9.18. The lowest BCUT2D eigenvalue weighted by molar-refractivity contribution is 0.0137. The standard InChI is InChI=1S/C32H33BrClN3O2S/c1-21-15-16-32(39,17-26-25(20-38)30(34)36-31(35-26)40-2)28-24(21)13-14-27(29(28)33)37(18-22-9-5-3-6-10-22)19-23-11-7-4-8-12-23/h3-14,21,38-39H,15-20H2,1-2H3/t21-,32?/m0/s1. The Morgan fingerprint density at radius 3 is 2.20 bits per heavy atom. The number of anilines is 1. The fourth-order valence-corrected chi connectivity index (χ4v) is 7.27. The third kappa shape index (κ3) is 6.09. The van der Waals surface area contributed by atoms with E-state index in [0.29, 0.717) is 41.8 Å². The number of benzene rings is 3. The summed E-state index contributed by atoms with van der Waals surface area (Å²) in [6.45, 7) is 3.36. The summed E-state index contributed by atoms with van der Waals surface area (Å²) in [5.41, 5.74) is 5.30. The number of hydrogen-bond acceptors (Lipinski definition) is 6. The Bertz CT molecular complexity index is 1430. The molecule has 1 aromatic heterocycles. The van der Waals surface area contributed by atoms with Crippen molar-refractivity contribution in [2.24, 2.45) is 0 Å². The van der Waals surface area contributed by atoms with Crippen molar-refractivity contribution in [2.45, 2.75) is 62.6 Å². The van der Waals surface area contributed by atoms with E-state index < -0.39 is 5.60 Å². The second-order valence-electron chi connectivity index (χ2n) is 10.4. The van der Waals surface area contributed by atoms with Crippen molar-refractivity contribution in [1.82, 2.24) is 9.97 Å². The minimum absolute atomic E-state index is 0.231. The third-order valence-electron chi connectivity index (χ3n) is 7.74. The van der Waals surface area contributed by atoms with Gasteiger partial charge in [-0.05, 0) is 63.7 Å². The average Bonchev–Trinajstić information content (AvgIpc) is 2.96. The quantitative estimate of drug-likeness (QED) is 0.112. The normalized spacial score (nSPS) is 18.4. The number of aliphatic hydroxyl groups is 2. The number of hydrogen-bond donors (Lipinski definition) is 2. The van der Waals surface area contributed by atoms with Gasteiger partial charge in [0.25, 0.3) is 0 Å². The first-order chi connectivity index (χ1) is 19.3. The molecule has 208 valence electrons. The van der Waals surface area contributed by atoms with Crippen LogP contribution in [-0.2, 0) is 31.7 Å². The SMILES string of the molecule is CSc1nc(Cl)c(CO)c(CC2(O)CC[C@H](C)c3ccc(N(Cc4ccccc4)Cc4ccccc4)c(Br)c32)n1. The Balaban J connectivity index is 1.61. The summed E-state index contributed by atoms with van der Waals surface area (Å²) in [6.07, 6.45) is 3.53. The summed E-state index contributed by atoms with van der Waals surface area (Å²) in [5, 5.41) is 23.2. The van der Waals surface area contributed by atoms with Crippen molar-refractivity contribution in [3.05, 3.63) is 116 Å². The number of rotatable bonds is 9. The summed E-state index contributed by atoms with van der Waals surface area (Å²) in [6, 6.07) is 25.2. The Morgan fingerprint density at radius 2 is 1.62 bits per heavy atom. The van der Waals surface area contributed by atoms with Crippen LogP contribution in [0.1, 0.15) is 59.2 Å². The van der Waals surface area contributed by atoms with E-state index in [1.54, 1.807) is 0 Å². The predicted molar refractivity (Wildman–Crippen MR) is 167 cm³/mol. The van der Waals surface area contributed by atoms with Gasteiger partial charge in [0.1, 0.15) is 5.15 Å². The molecule has 2 atom stereocenters. The van der Waals surface area contributed by atoms with Crippen LogP contribution in [0.25, 0.3) is 0 Å². The molecule has 3 aromatic carbocycles. The van der Waals surface area contributed by atoms with Gasteiger partial charge in [-0.2, -0.15) is 0 Å². The first-order valence-corrected chi connectivity index (χ1v) is 15.8. The minimum atomic E-state index is -1.20. The van der Waals surface area contributed by atoms with E-state index in [2.05, 4.69) is 98.4 Å². The van der Waals surface area contributed by atoms with Crippen LogP contribution in [0.15, 0.2) is 82.4 Å². The van der Waals surface area contributed by atoms with Crippen LogP contribution in [0.3, 0.4) is 0 Å². The second kappa shape index (κ2) is 12.6. The molecule has 40 heavy (non-hydrogen) atoms. The van der Waals surface area contributed by atoms with Gasteiger partial charge in [0.05, 0.1) is 23.6 Å². The summed E-state index contributed by atoms with van der Waals surface area (Å²) >= 11 is 11.8. The monoisotopic (exact) mass is 637 g/mol. The van der Waals surface area contributed by atoms with Crippen LogP contribution in [-0.4, -0.2) is 26.4 Å². The molecular weight excluding hydrogens is 606 g/mol. The van der Waals surface area contributed by atoms with Crippen LogP contribution < -0.4 is 4.90 Å². The van der Waals surface area contributed by atoms with Gasteiger partial charge in [-0.3, -0.25) is 0 Å². The zero-order valence-electron chi connectivity index (χ0n) is 22.6. The molecule has 0 aliphatic heterocycles. The molecule has 0 saturated carbocycles. The summed E-state index contributed by atoms with van der Waals surface area (Å²) in [7, 11) is 0. The highest BCUT2D eigenvalue weighted by Gasteiger charge is 2.41. The first-order valence-electron chi connectivity index (χ1n) is 13.4. The summed E-state index contributed by atoms with van der Waals surface area (Å²) in [4.78, 5) is 11.3. The van der Waals surface area contributed by atoms with Gasteiger partial charge in [-0.25, -0.2) is 9.97 Å². The number of aromatic nitrogens is 2. The van der Waals surface area contributed by atoms with Crippen molar-refractivity contribution in [2.75, 3.05) is 11.2 Å².